The van der Waals surface area contributed by atoms with E-state index in [1.807, 2.05) is 60.9 Å². The van der Waals surface area contributed by atoms with Gasteiger partial charge in [-0.2, -0.15) is 6.07 Å². The number of pyridine rings is 1. The van der Waals surface area contributed by atoms with Crippen molar-refractivity contribution in [2.45, 2.75) is 13.0 Å². The van der Waals surface area contributed by atoms with Gasteiger partial charge in [-0.3, -0.25) is 9.83 Å². The zero-order chi connectivity index (χ0) is 22.5. The van der Waals surface area contributed by atoms with Crippen LogP contribution in [0.15, 0.2) is 97.5 Å². The Bertz CT molecular complexity index is 1430. The van der Waals surface area contributed by atoms with Gasteiger partial charge < -0.3 is 9.55 Å². The van der Waals surface area contributed by atoms with Crippen molar-refractivity contribution in [3.05, 3.63) is 127 Å². The van der Waals surface area contributed by atoms with Gasteiger partial charge in [0.25, 0.3) is 0 Å². The van der Waals surface area contributed by atoms with Crippen LogP contribution >= 0.6 is 0 Å². The second kappa shape index (κ2) is 10.9. The van der Waals surface area contributed by atoms with Crippen LogP contribution < -0.4 is 0 Å². The van der Waals surface area contributed by atoms with Gasteiger partial charge in [-0.25, -0.2) is 0 Å². The summed E-state index contributed by atoms with van der Waals surface area (Å²) in [6.07, 6.45) is 6.76. The molecule has 0 bridgehead atoms. The third-order valence-electron chi connectivity index (χ3n) is 5.56. The molecule has 0 atom stereocenters. The molecule has 1 aliphatic heterocycles. The third kappa shape index (κ3) is 5.05. The molecule has 5 aromatic rings. The minimum absolute atomic E-state index is 0. The van der Waals surface area contributed by atoms with Crippen molar-refractivity contribution in [2.75, 3.05) is 0 Å². The molecule has 0 saturated carbocycles. The molecule has 167 valence electrons. The maximum absolute atomic E-state index is 7.07. The number of aromatic nitrogens is 3. The third-order valence-corrected chi connectivity index (χ3v) is 5.56. The molecule has 6 rings (SSSR count). The van der Waals surface area contributed by atoms with E-state index in [1.54, 1.807) is 18.3 Å². The first-order valence-corrected chi connectivity index (χ1v) is 10.7. The summed E-state index contributed by atoms with van der Waals surface area (Å²) in [6, 6.07) is 32.0. The standard InChI is InChI=1S/C18H11N2.C11H9N2.Ir/c1-19-17-9-5-8-16(12-17)18-13-15(10-11-20-18)14-6-3-2-4-7-14;1-2-4-10-9(3-1)5-7-13-8-6-12-11(10)13;/h2-7,9-13H;1-3,6,8H,5,7H2;/q2*-1;. The first kappa shape index (κ1) is 23.3. The van der Waals surface area contributed by atoms with Crippen molar-refractivity contribution >= 4 is 5.69 Å². The van der Waals surface area contributed by atoms with Gasteiger partial charge in [0, 0.05) is 45.2 Å². The van der Waals surface area contributed by atoms with E-state index >= 15 is 0 Å². The summed E-state index contributed by atoms with van der Waals surface area (Å²) in [6.45, 7) is 8.11. The molecule has 3 aromatic carbocycles. The zero-order valence-corrected chi connectivity index (χ0v) is 20.7. The second-order valence-corrected chi connectivity index (χ2v) is 7.63. The summed E-state index contributed by atoms with van der Waals surface area (Å²) in [4.78, 5) is 12.1. The Morgan fingerprint density at radius 2 is 1.74 bits per heavy atom. The number of benzene rings is 3. The first-order valence-electron chi connectivity index (χ1n) is 10.7. The SMILES string of the molecule is [C-]#[N+]c1cc[c-]c(-c2cc(-c3ccccc3)ccn2)c1.[Ir].[c-]1cccc2c1-c1nccn1CC2. The fraction of sp³-hybridized carbons (Fsp3) is 0.0690. The first-order chi connectivity index (χ1) is 16.3. The van der Waals surface area contributed by atoms with Crippen LogP contribution in [0.5, 0.6) is 0 Å². The van der Waals surface area contributed by atoms with Crippen molar-refractivity contribution in [1.29, 1.82) is 0 Å². The van der Waals surface area contributed by atoms with E-state index in [2.05, 4.69) is 49.7 Å². The van der Waals surface area contributed by atoms with Gasteiger partial charge in [0.1, 0.15) is 5.69 Å². The van der Waals surface area contributed by atoms with Gasteiger partial charge in [0.15, 0.2) is 0 Å². The predicted octanol–water partition coefficient (Wildman–Crippen LogP) is 6.67. The molecule has 34 heavy (non-hydrogen) atoms. The van der Waals surface area contributed by atoms with Crippen molar-refractivity contribution in [1.82, 2.24) is 14.5 Å². The molecule has 0 amide bonds. The molecule has 0 unspecified atom stereocenters. The molecule has 0 spiro atoms. The Hall–Kier alpha value is -3.84. The molecule has 0 saturated heterocycles. The zero-order valence-electron chi connectivity index (χ0n) is 18.3. The summed E-state index contributed by atoms with van der Waals surface area (Å²) >= 11 is 0. The topological polar surface area (TPSA) is 35.1 Å². The average Bonchev–Trinajstić information content (AvgIpc) is 3.39. The van der Waals surface area contributed by atoms with Gasteiger partial charge in [-0.05, 0) is 29.3 Å². The van der Waals surface area contributed by atoms with Crippen LogP contribution in [0.2, 0.25) is 0 Å². The Morgan fingerprint density at radius 1 is 0.853 bits per heavy atom. The van der Waals surface area contributed by atoms with Gasteiger partial charge in [-0.15, -0.1) is 59.2 Å². The molecule has 0 aliphatic carbocycles. The number of rotatable bonds is 2. The van der Waals surface area contributed by atoms with Gasteiger partial charge in [0.05, 0.1) is 12.4 Å². The Labute approximate surface area is 213 Å². The molecule has 5 heteroatoms. The van der Waals surface area contributed by atoms with E-state index in [4.69, 9.17) is 6.57 Å². The van der Waals surface area contributed by atoms with Gasteiger partial charge >= 0.3 is 0 Å². The number of hydrogen-bond acceptors (Lipinski definition) is 2. The van der Waals surface area contributed by atoms with E-state index in [9.17, 15) is 0 Å². The normalized spacial score (nSPS) is 11.0. The van der Waals surface area contributed by atoms with Crippen LogP contribution in [0.3, 0.4) is 0 Å². The van der Waals surface area contributed by atoms with E-state index in [0.29, 0.717) is 5.69 Å². The molecule has 1 aliphatic rings. The molecule has 2 aromatic heterocycles. The number of nitrogens with zero attached hydrogens (tertiary/aromatic N) is 4. The minimum atomic E-state index is 0. The largest absolute Gasteiger partial charge is 0.371 e. The predicted molar refractivity (Wildman–Crippen MR) is 130 cm³/mol. The van der Waals surface area contributed by atoms with Crippen LogP contribution in [-0.4, -0.2) is 14.5 Å². The van der Waals surface area contributed by atoms with E-state index < -0.39 is 0 Å². The summed E-state index contributed by atoms with van der Waals surface area (Å²) in [7, 11) is 0. The molecule has 3 heterocycles. The number of fused-ring (bicyclic) bond motifs is 3. The molecular formula is C29H20IrN4-2. The maximum Gasteiger partial charge on any atom is 0.108 e. The second-order valence-electron chi connectivity index (χ2n) is 7.63. The summed E-state index contributed by atoms with van der Waals surface area (Å²) in [5.74, 6) is 1.06. The number of aryl methyl sites for hydroxylation is 2. The van der Waals surface area contributed by atoms with Crippen molar-refractivity contribution in [3.8, 4) is 33.8 Å². The van der Waals surface area contributed by atoms with Gasteiger partial charge in [0.2, 0.25) is 0 Å². The fourth-order valence-electron chi connectivity index (χ4n) is 3.91. The van der Waals surface area contributed by atoms with Gasteiger partial charge in [-0.1, -0.05) is 36.4 Å². The molecule has 0 N–H and O–H groups in total. The smallest absolute Gasteiger partial charge is 0.108 e. The monoisotopic (exact) mass is 617 g/mol. The fourth-order valence-corrected chi connectivity index (χ4v) is 3.91. The Morgan fingerprint density at radius 3 is 2.59 bits per heavy atom. The van der Waals surface area contributed by atoms with Crippen LogP contribution in [-0.2, 0) is 33.1 Å². The molecule has 1 radical (unpaired) electrons. The van der Waals surface area contributed by atoms with Crippen molar-refractivity contribution < 1.29 is 20.1 Å². The van der Waals surface area contributed by atoms with Crippen molar-refractivity contribution in [2.24, 2.45) is 0 Å². The summed E-state index contributed by atoms with van der Waals surface area (Å²) < 4.78 is 2.18. The maximum atomic E-state index is 7.07. The van der Waals surface area contributed by atoms with Crippen LogP contribution in [0.4, 0.5) is 5.69 Å². The van der Waals surface area contributed by atoms with Crippen LogP contribution in [0.25, 0.3) is 38.6 Å². The Balaban J connectivity index is 0.000000169. The van der Waals surface area contributed by atoms with Crippen LogP contribution in [0, 0.1) is 18.7 Å². The summed E-state index contributed by atoms with van der Waals surface area (Å²) in [5.41, 5.74) is 7.06. The molecule has 4 nitrogen and oxygen atoms in total. The molecular weight excluding hydrogens is 597 g/mol. The quantitative estimate of drug-likeness (QED) is 0.208. The van der Waals surface area contributed by atoms with E-state index in [-0.39, 0.29) is 20.1 Å². The minimum Gasteiger partial charge on any atom is -0.371 e. The van der Waals surface area contributed by atoms with Crippen LogP contribution in [0.1, 0.15) is 5.56 Å². The molecule has 0 fully saturated rings. The van der Waals surface area contributed by atoms with Crippen molar-refractivity contribution in [3.63, 3.8) is 0 Å². The summed E-state index contributed by atoms with van der Waals surface area (Å²) in [5, 5.41) is 0. The number of imidazole rings is 1. The Kier molecular flexibility index (Phi) is 7.44. The van der Waals surface area contributed by atoms with E-state index in [1.165, 1.54) is 11.1 Å². The average molecular weight is 617 g/mol. The van der Waals surface area contributed by atoms with E-state index in [0.717, 1.165) is 41.2 Å². The number of hydrogen-bond donors (Lipinski definition) is 0.